The van der Waals surface area contributed by atoms with E-state index in [1.165, 1.54) is 4.57 Å². The number of fused-ring (bicyclic) bond motifs is 1. The van der Waals surface area contributed by atoms with E-state index < -0.39 is 11.9 Å². The lowest BCUT2D eigenvalue weighted by atomic mass is 10.2. The summed E-state index contributed by atoms with van der Waals surface area (Å²) in [4.78, 5) is 41.4. The van der Waals surface area contributed by atoms with E-state index in [1.54, 1.807) is 62.4 Å². The van der Waals surface area contributed by atoms with Crippen LogP contribution in [-0.2, 0) is 4.79 Å². The van der Waals surface area contributed by atoms with E-state index in [-0.39, 0.29) is 17.4 Å². The molecule has 1 heterocycles. The van der Waals surface area contributed by atoms with E-state index in [9.17, 15) is 14.4 Å². The highest BCUT2D eigenvalue weighted by molar-refractivity contribution is 7.99. The van der Waals surface area contributed by atoms with Crippen LogP contribution in [0.1, 0.15) is 13.8 Å². The fraction of sp³-hybridized carbons (Fsp3) is 0.200. The average molecular weight is 431 g/mol. The minimum Gasteiger partial charge on any atom is -0.336 e. The molecule has 0 bridgehead atoms. The van der Waals surface area contributed by atoms with Crippen molar-refractivity contribution in [1.29, 1.82) is 0 Å². The van der Waals surface area contributed by atoms with Crippen LogP contribution in [0.2, 0.25) is 5.02 Å². The number of nitrogens with zero attached hydrogens (tertiary/aromatic N) is 2. The molecule has 150 valence electrons. The maximum atomic E-state index is 13.1. The van der Waals surface area contributed by atoms with Crippen molar-refractivity contribution >= 4 is 46.2 Å². The minimum absolute atomic E-state index is 0.0795. The molecule has 0 radical (unpaired) electrons. The highest BCUT2D eigenvalue weighted by Crippen LogP contribution is 2.22. The molecule has 1 aromatic heterocycles. The molecule has 29 heavy (non-hydrogen) atoms. The van der Waals surface area contributed by atoms with Gasteiger partial charge in [-0.2, -0.15) is 0 Å². The van der Waals surface area contributed by atoms with Crippen molar-refractivity contribution in [1.82, 2.24) is 20.2 Å². The molecule has 2 aromatic carbocycles. The van der Waals surface area contributed by atoms with Crippen LogP contribution in [0, 0.1) is 0 Å². The van der Waals surface area contributed by atoms with Crippen molar-refractivity contribution in [2.75, 3.05) is 5.75 Å². The number of imide groups is 1. The zero-order chi connectivity index (χ0) is 21.0. The Morgan fingerprint density at radius 1 is 1.14 bits per heavy atom. The molecule has 0 spiro atoms. The largest absolute Gasteiger partial charge is 0.336 e. The fourth-order valence-corrected chi connectivity index (χ4v) is 3.56. The summed E-state index contributed by atoms with van der Waals surface area (Å²) in [5.74, 6) is -0.567. The summed E-state index contributed by atoms with van der Waals surface area (Å²) in [6.07, 6.45) is 0. The molecule has 0 aliphatic rings. The number of benzene rings is 2. The van der Waals surface area contributed by atoms with E-state index in [4.69, 9.17) is 11.6 Å². The van der Waals surface area contributed by atoms with Crippen LogP contribution in [-0.4, -0.2) is 33.3 Å². The molecular weight excluding hydrogens is 412 g/mol. The average Bonchev–Trinajstić information content (AvgIpc) is 2.67. The van der Waals surface area contributed by atoms with Crippen molar-refractivity contribution in [2.24, 2.45) is 0 Å². The van der Waals surface area contributed by atoms with Gasteiger partial charge in [-0.15, -0.1) is 0 Å². The summed E-state index contributed by atoms with van der Waals surface area (Å²) >= 11 is 7.03. The quantitative estimate of drug-likeness (QED) is 0.478. The molecule has 7 nitrogen and oxygen atoms in total. The van der Waals surface area contributed by atoms with Gasteiger partial charge in [0.15, 0.2) is 5.16 Å². The number of nitrogens with one attached hydrogen (secondary N) is 2. The molecule has 0 aliphatic carbocycles. The van der Waals surface area contributed by atoms with E-state index >= 15 is 0 Å². The van der Waals surface area contributed by atoms with Gasteiger partial charge in [0, 0.05) is 11.1 Å². The predicted molar refractivity (Wildman–Crippen MR) is 115 cm³/mol. The van der Waals surface area contributed by atoms with Gasteiger partial charge in [-0.1, -0.05) is 35.5 Å². The lowest BCUT2D eigenvalue weighted by Gasteiger charge is -2.13. The summed E-state index contributed by atoms with van der Waals surface area (Å²) in [6, 6.07) is 13.1. The molecule has 0 fully saturated rings. The number of amides is 3. The predicted octanol–water partition coefficient (Wildman–Crippen LogP) is 3.37. The van der Waals surface area contributed by atoms with Crippen LogP contribution in [0.3, 0.4) is 0 Å². The van der Waals surface area contributed by atoms with E-state index in [1.807, 2.05) is 0 Å². The van der Waals surface area contributed by atoms with E-state index in [0.717, 1.165) is 11.8 Å². The van der Waals surface area contributed by atoms with E-state index in [2.05, 4.69) is 15.6 Å². The molecular formula is C20H19ClN4O3S. The Morgan fingerprint density at radius 3 is 2.52 bits per heavy atom. The van der Waals surface area contributed by atoms with Gasteiger partial charge in [0.2, 0.25) is 5.91 Å². The number of carbonyl (C=O) groups is 2. The number of hydrogen-bond acceptors (Lipinski definition) is 5. The molecule has 0 unspecified atom stereocenters. The molecule has 9 heteroatoms. The maximum Gasteiger partial charge on any atom is 0.321 e. The summed E-state index contributed by atoms with van der Waals surface area (Å²) < 4.78 is 1.44. The molecule has 3 aromatic rings. The van der Waals surface area contributed by atoms with Crippen molar-refractivity contribution < 1.29 is 9.59 Å². The van der Waals surface area contributed by atoms with Gasteiger partial charge in [0.1, 0.15) is 0 Å². The molecule has 2 N–H and O–H groups in total. The highest BCUT2D eigenvalue weighted by Gasteiger charge is 2.16. The second-order valence-electron chi connectivity index (χ2n) is 6.49. The third kappa shape index (κ3) is 5.16. The van der Waals surface area contributed by atoms with Crippen molar-refractivity contribution in [2.45, 2.75) is 25.0 Å². The van der Waals surface area contributed by atoms with Crippen LogP contribution in [0.15, 0.2) is 58.5 Å². The van der Waals surface area contributed by atoms with Gasteiger partial charge < -0.3 is 5.32 Å². The Kier molecular flexibility index (Phi) is 6.56. The molecule has 3 rings (SSSR count). The maximum absolute atomic E-state index is 13.1. The van der Waals surface area contributed by atoms with Gasteiger partial charge in [-0.05, 0) is 50.2 Å². The fourth-order valence-electron chi connectivity index (χ4n) is 2.62. The first-order valence-electron chi connectivity index (χ1n) is 8.86. The van der Waals surface area contributed by atoms with Gasteiger partial charge in [-0.25, -0.2) is 9.78 Å². The lowest BCUT2D eigenvalue weighted by Crippen LogP contribution is -2.43. The van der Waals surface area contributed by atoms with Gasteiger partial charge in [-0.3, -0.25) is 19.5 Å². The molecule has 0 saturated carbocycles. The minimum atomic E-state index is -0.563. The second kappa shape index (κ2) is 9.11. The zero-order valence-corrected chi connectivity index (χ0v) is 17.4. The number of halogens is 1. The first kappa shape index (κ1) is 20.9. The smallest absolute Gasteiger partial charge is 0.321 e. The summed E-state index contributed by atoms with van der Waals surface area (Å²) in [5.41, 5.74) is 0.861. The van der Waals surface area contributed by atoms with Crippen LogP contribution >= 0.6 is 23.4 Å². The first-order valence-corrected chi connectivity index (χ1v) is 10.2. The molecule has 0 atom stereocenters. The van der Waals surface area contributed by atoms with Crippen LogP contribution in [0.4, 0.5) is 4.79 Å². The normalized spacial score (nSPS) is 10.9. The Morgan fingerprint density at radius 2 is 1.83 bits per heavy atom. The summed E-state index contributed by atoms with van der Waals surface area (Å²) in [7, 11) is 0. The SMILES string of the molecule is CC(C)NC(=O)NC(=O)CSc1nc2ccccc2c(=O)n1-c1ccc(Cl)cc1. The Labute approximate surface area is 176 Å². The Balaban J connectivity index is 1.93. The third-order valence-corrected chi connectivity index (χ3v) is 5.03. The Hall–Kier alpha value is -2.84. The van der Waals surface area contributed by atoms with Crippen molar-refractivity contribution in [3.63, 3.8) is 0 Å². The topological polar surface area (TPSA) is 93.1 Å². The second-order valence-corrected chi connectivity index (χ2v) is 7.87. The number of thioether (sulfide) groups is 1. The monoisotopic (exact) mass is 430 g/mol. The third-order valence-electron chi connectivity index (χ3n) is 3.83. The van der Waals surface area contributed by atoms with Gasteiger partial charge >= 0.3 is 6.03 Å². The molecule has 0 saturated heterocycles. The van der Waals surface area contributed by atoms with Crippen LogP contribution < -0.4 is 16.2 Å². The number of aromatic nitrogens is 2. The first-order chi connectivity index (χ1) is 13.8. The number of para-hydroxylation sites is 1. The van der Waals surface area contributed by atoms with Crippen LogP contribution in [0.5, 0.6) is 0 Å². The number of urea groups is 1. The molecule has 3 amide bonds. The Bertz CT molecular complexity index is 1110. The zero-order valence-electron chi connectivity index (χ0n) is 15.8. The summed E-state index contributed by atoms with van der Waals surface area (Å²) in [5, 5.41) is 6.19. The molecule has 0 aliphatic heterocycles. The van der Waals surface area contributed by atoms with Gasteiger partial charge in [0.25, 0.3) is 5.56 Å². The van der Waals surface area contributed by atoms with E-state index in [0.29, 0.717) is 26.8 Å². The van der Waals surface area contributed by atoms with Crippen molar-refractivity contribution in [3.05, 3.63) is 63.9 Å². The van der Waals surface area contributed by atoms with Crippen LogP contribution in [0.25, 0.3) is 16.6 Å². The highest BCUT2D eigenvalue weighted by atomic mass is 35.5. The standard InChI is InChI=1S/C20H19ClN4O3S/c1-12(2)22-19(28)24-17(26)11-29-20-23-16-6-4-3-5-15(16)18(27)25(20)14-9-7-13(21)8-10-14/h3-10,12H,11H2,1-2H3,(H2,22,24,26,28). The van der Waals surface area contributed by atoms with Gasteiger partial charge in [0.05, 0.1) is 22.3 Å². The van der Waals surface area contributed by atoms with Crippen molar-refractivity contribution in [3.8, 4) is 5.69 Å². The summed E-state index contributed by atoms with van der Waals surface area (Å²) in [6.45, 7) is 3.59. The number of carbonyl (C=O) groups excluding carboxylic acids is 2. The lowest BCUT2D eigenvalue weighted by molar-refractivity contribution is -0.117. The number of hydrogen-bond donors (Lipinski definition) is 2. The number of rotatable bonds is 5.